The second kappa shape index (κ2) is 12.4. The van der Waals surface area contributed by atoms with Gasteiger partial charge in [-0.05, 0) is 51.8 Å². The highest BCUT2D eigenvalue weighted by Crippen LogP contribution is 2.37. The number of fused-ring (bicyclic) bond motifs is 2. The fraction of sp³-hybridized carbons (Fsp3) is 0.621. The van der Waals surface area contributed by atoms with Crippen LogP contribution in [0.25, 0.3) is 0 Å². The van der Waals surface area contributed by atoms with Gasteiger partial charge >= 0.3 is 6.09 Å². The van der Waals surface area contributed by atoms with Gasteiger partial charge in [-0.1, -0.05) is 6.08 Å². The Morgan fingerprint density at radius 3 is 2.58 bits per heavy atom. The van der Waals surface area contributed by atoms with Crippen LogP contribution in [0.1, 0.15) is 50.4 Å². The summed E-state index contributed by atoms with van der Waals surface area (Å²) in [5.74, 6) is 0.310. The first-order valence-electron chi connectivity index (χ1n) is 13.8. The van der Waals surface area contributed by atoms with Crippen molar-refractivity contribution < 1.29 is 37.7 Å². The largest absolute Gasteiger partial charge is 0.497 e. The Balaban J connectivity index is 1.55. The van der Waals surface area contributed by atoms with Crippen molar-refractivity contribution in [1.82, 2.24) is 15.1 Å². The van der Waals surface area contributed by atoms with Crippen LogP contribution in [0.5, 0.6) is 11.5 Å². The zero-order valence-electron chi connectivity index (χ0n) is 23.7. The molecule has 2 atom stereocenters. The maximum absolute atomic E-state index is 14.7. The van der Waals surface area contributed by atoms with Crippen LogP contribution in [0.4, 0.5) is 9.18 Å². The van der Waals surface area contributed by atoms with Gasteiger partial charge in [0.15, 0.2) is 0 Å². The fourth-order valence-corrected chi connectivity index (χ4v) is 5.31. The number of rotatable bonds is 1. The number of hydrogen-bond acceptors (Lipinski definition) is 7. The molecule has 1 spiro atoms. The van der Waals surface area contributed by atoms with Crippen LogP contribution < -0.4 is 14.8 Å². The van der Waals surface area contributed by atoms with E-state index in [2.05, 4.69) is 5.32 Å². The zero-order chi connectivity index (χ0) is 28.9. The average Bonchev–Trinajstić information content (AvgIpc) is 3.29. The first-order valence-corrected chi connectivity index (χ1v) is 13.8. The van der Waals surface area contributed by atoms with Crippen LogP contribution in [0.15, 0.2) is 30.4 Å². The lowest BCUT2D eigenvalue weighted by Crippen LogP contribution is -2.56. The number of benzene rings is 1. The predicted octanol–water partition coefficient (Wildman–Crippen LogP) is 3.35. The summed E-state index contributed by atoms with van der Waals surface area (Å²) >= 11 is 0. The van der Waals surface area contributed by atoms with E-state index in [1.807, 2.05) is 20.8 Å². The minimum absolute atomic E-state index is 0.0479. The number of carbonyl (C=O) groups excluding carboxylic acids is 3. The van der Waals surface area contributed by atoms with E-state index in [1.54, 1.807) is 40.2 Å². The van der Waals surface area contributed by atoms with Crippen molar-refractivity contribution in [2.45, 2.75) is 57.8 Å². The molecule has 0 aromatic heterocycles. The minimum Gasteiger partial charge on any atom is -0.497 e. The van der Waals surface area contributed by atoms with Gasteiger partial charge in [0.25, 0.3) is 5.91 Å². The molecule has 11 heteroatoms. The Morgan fingerprint density at radius 1 is 1.15 bits per heavy atom. The van der Waals surface area contributed by atoms with Crippen LogP contribution in [0.2, 0.25) is 0 Å². The summed E-state index contributed by atoms with van der Waals surface area (Å²) < 4.78 is 37.3. The van der Waals surface area contributed by atoms with Gasteiger partial charge in [-0.25, -0.2) is 9.18 Å². The Bertz CT molecular complexity index is 1110. The monoisotopic (exact) mass is 561 g/mol. The van der Waals surface area contributed by atoms with Crippen LogP contribution >= 0.6 is 0 Å². The third kappa shape index (κ3) is 7.04. The van der Waals surface area contributed by atoms with Crippen molar-refractivity contribution in [3.63, 3.8) is 0 Å². The van der Waals surface area contributed by atoms with Gasteiger partial charge in [0, 0.05) is 32.1 Å². The molecule has 2 saturated heterocycles. The summed E-state index contributed by atoms with van der Waals surface area (Å²) in [5, 5.41) is 2.87. The number of carbonyl (C=O) groups is 3. The number of nitrogens with zero attached hydrogens (tertiary/aromatic N) is 2. The number of amides is 3. The molecule has 0 radical (unpaired) electrons. The normalized spacial score (nSPS) is 24.9. The van der Waals surface area contributed by atoms with Gasteiger partial charge < -0.3 is 34.1 Å². The highest BCUT2D eigenvalue weighted by atomic mass is 19.1. The maximum Gasteiger partial charge on any atom is 0.410 e. The topological polar surface area (TPSA) is 107 Å². The Labute approximate surface area is 234 Å². The smallest absolute Gasteiger partial charge is 0.410 e. The lowest BCUT2D eigenvalue weighted by atomic mass is 9.77. The number of alkyl halides is 1. The van der Waals surface area contributed by atoms with E-state index < -0.39 is 29.3 Å². The van der Waals surface area contributed by atoms with Crippen molar-refractivity contribution in [3.05, 3.63) is 35.9 Å². The summed E-state index contributed by atoms with van der Waals surface area (Å²) in [6.07, 6.45) is 2.79. The van der Waals surface area contributed by atoms with E-state index in [9.17, 15) is 18.8 Å². The predicted molar refractivity (Wildman–Crippen MR) is 145 cm³/mol. The van der Waals surface area contributed by atoms with Crippen molar-refractivity contribution in [3.8, 4) is 11.5 Å². The van der Waals surface area contributed by atoms with Crippen LogP contribution in [0, 0.1) is 5.41 Å². The van der Waals surface area contributed by atoms with Crippen LogP contribution in [-0.2, 0) is 14.3 Å². The second-order valence-corrected chi connectivity index (χ2v) is 11.6. The second-order valence-electron chi connectivity index (χ2n) is 11.6. The number of likely N-dealkylation sites (tertiary alicyclic amines) is 1. The molecule has 0 saturated carbocycles. The minimum atomic E-state index is -1.20. The Morgan fingerprint density at radius 2 is 1.88 bits per heavy atom. The van der Waals surface area contributed by atoms with Gasteiger partial charge in [0.2, 0.25) is 5.91 Å². The van der Waals surface area contributed by atoms with E-state index >= 15 is 0 Å². The average molecular weight is 562 g/mol. The molecule has 0 bridgehead atoms. The molecule has 3 aliphatic heterocycles. The molecule has 0 aliphatic carbocycles. The molecule has 1 aromatic rings. The number of hydrogen-bond donors (Lipinski definition) is 1. The van der Waals surface area contributed by atoms with Crippen LogP contribution in [0.3, 0.4) is 0 Å². The molecule has 1 aromatic carbocycles. The maximum atomic E-state index is 14.7. The quantitative estimate of drug-likeness (QED) is 0.524. The molecule has 3 aliphatic rings. The molecule has 4 rings (SSSR count). The van der Waals surface area contributed by atoms with Gasteiger partial charge in [-0.15, -0.1) is 0 Å². The molecule has 220 valence electrons. The lowest BCUT2D eigenvalue weighted by Gasteiger charge is -2.43. The third-order valence-corrected chi connectivity index (χ3v) is 7.48. The molecule has 3 amide bonds. The van der Waals surface area contributed by atoms with Crippen molar-refractivity contribution in [1.29, 1.82) is 0 Å². The molecule has 3 heterocycles. The number of methoxy groups -OCH3 is 1. The van der Waals surface area contributed by atoms with E-state index in [4.69, 9.17) is 18.9 Å². The van der Waals surface area contributed by atoms with Crippen molar-refractivity contribution in [2.24, 2.45) is 5.41 Å². The van der Waals surface area contributed by atoms with Crippen molar-refractivity contribution in [2.75, 3.05) is 53.1 Å². The van der Waals surface area contributed by atoms with Crippen LogP contribution in [-0.4, -0.2) is 98.6 Å². The van der Waals surface area contributed by atoms with Gasteiger partial charge in [0.05, 0.1) is 43.9 Å². The van der Waals surface area contributed by atoms with Gasteiger partial charge in [-0.3, -0.25) is 9.59 Å². The lowest BCUT2D eigenvalue weighted by molar-refractivity contribution is -0.150. The van der Waals surface area contributed by atoms with E-state index in [0.717, 1.165) is 0 Å². The highest BCUT2D eigenvalue weighted by Gasteiger charge is 2.49. The highest BCUT2D eigenvalue weighted by molar-refractivity contribution is 5.97. The Kier molecular flexibility index (Phi) is 9.22. The number of ether oxygens (including phenoxy) is 4. The van der Waals surface area contributed by atoms with Gasteiger partial charge in [0.1, 0.15) is 29.9 Å². The fourth-order valence-electron chi connectivity index (χ4n) is 5.31. The SMILES string of the molecule is COc1ccc2c(c1)OC/C=C\COCC1(CCN(C(=O)OC(C)(C)C)CC1)C(=O)N1C[C@@H](F)C[C@H]1CNC2=O. The molecule has 0 unspecified atom stereocenters. The first-order chi connectivity index (χ1) is 19.0. The Hall–Kier alpha value is -3.34. The molecule has 40 heavy (non-hydrogen) atoms. The molecular formula is C29H40FN3O7. The van der Waals surface area contributed by atoms with Crippen molar-refractivity contribution >= 4 is 17.9 Å². The molecule has 2 fully saturated rings. The summed E-state index contributed by atoms with van der Waals surface area (Å²) in [6, 6.07) is 4.41. The van der Waals surface area contributed by atoms with Gasteiger partial charge in [-0.2, -0.15) is 0 Å². The molecule has 1 N–H and O–H groups in total. The summed E-state index contributed by atoms with van der Waals surface area (Å²) in [4.78, 5) is 43.0. The first kappa shape index (κ1) is 29.6. The van der Waals surface area contributed by atoms with E-state index in [-0.39, 0.29) is 51.1 Å². The summed E-state index contributed by atoms with van der Waals surface area (Å²) in [6.45, 7) is 6.69. The molecule has 10 nitrogen and oxygen atoms in total. The van der Waals surface area contributed by atoms with E-state index in [1.165, 1.54) is 7.11 Å². The molecular weight excluding hydrogens is 521 g/mol. The zero-order valence-corrected chi connectivity index (χ0v) is 23.7. The van der Waals surface area contributed by atoms with E-state index in [0.29, 0.717) is 43.0 Å². The number of halogens is 1. The number of piperidine rings is 1. The summed E-state index contributed by atoms with van der Waals surface area (Å²) in [7, 11) is 1.53. The third-order valence-electron chi connectivity index (χ3n) is 7.48. The number of nitrogens with one attached hydrogen (secondary N) is 1. The summed E-state index contributed by atoms with van der Waals surface area (Å²) in [5.41, 5.74) is -1.23. The standard InChI is InChI=1S/C29H40FN3O7/c1-28(2,3)40-27(36)32-11-9-29(10-12-32)19-38-13-5-6-14-39-24-16-22(37-4)7-8-23(24)25(34)31-17-21-15-20(30)18-33(21)26(29)35/h5-8,16,20-21H,9-15,17-19H2,1-4H3,(H,31,34)/b6-5-/t20-,21-/m0/s1.